The average molecular weight is 242 g/mol. The minimum atomic E-state index is 0.550. The standard InChI is InChI=1S/C15H18N2O/c1-2-5-17-8-12-10-18-15-4-3-11(7-16)6-13(15)14(12)9-17/h3-4,6,12,14H,2,5,8-10H2,1H3/t12-,14+/m1/s1. The molecule has 0 amide bonds. The molecular weight excluding hydrogens is 224 g/mol. The van der Waals surface area contributed by atoms with Crippen LogP contribution in [0.1, 0.15) is 30.4 Å². The molecule has 2 heterocycles. The van der Waals surface area contributed by atoms with Crippen LogP contribution in [0, 0.1) is 17.2 Å². The molecule has 1 saturated heterocycles. The van der Waals surface area contributed by atoms with E-state index in [1.54, 1.807) is 0 Å². The summed E-state index contributed by atoms with van der Waals surface area (Å²) in [6.45, 7) is 6.46. The number of hydrogen-bond donors (Lipinski definition) is 0. The van der Waals surface area contributed by atoms with Crippen molar-refractivity contribution in [2.24, 2.45) is 5.92 Å². The molecule has 1 aromatic rings. The molecule has 2 aliphatic rings. The Morgan fingerprint density at radius 2 is 2.33 bits per heavy atom. The fourth-order valence-corrected chi connectivity index (χ4v) is 3.22. The zero-order valence-corrected chi connectivity index (χ0v) is 10.7. The normalized spacial score (nSPS) is 26.0. The summed E-state index contributed by atoms with van der Waals surface area (Å²) in [5, 5.41) is 9.01. The van der Waals surface area contributed by atoms with Crippen molar-refractivity contribution in [3.05, 3.63) is 29.3 Å². The first-order valence-corrected chi connectivity index (χ1v) is 6.71. The van der Waals surface area contributed by atoms with Crippen LogP contribution in [0.3, 0.4) is 0 Å². The fourth-order valence-electron chi connectivity index (χ4n) is 3.22. The van der Waals surface area contributed by atoms with Gasteiger partial charge < -0.3 is 9.64 Å². The van der Waals surface area contributed by atoms with Crippen LogP contribution >= 0.6 is 0 Å². The Kier molecular flexibility index (Phi) is 2.97. The Hall–Kier alpha value is -1.53. The van der Waals surface area contributed by atoms with Crippen LogP contribution < -0.4 is 4.74 Å². The minimum Gasteiger partial charge on any atom is -0.493 e. The van der Waals surface area contributed by atoms with Gasteiger partial charge in [0, 0.05) is 30.5 Å². The van der Waals surface area contributed by atoms with Crippen LogP contribution in [0.5, 0.6) is 5.75 Å². The highest BCUT2D eigenvalue weighted by atomic mass is 16.5. The monoisotopic (exact) mass is 242 g/mol. The highest BCUT2D eigenvalue weighted by Crippen LogP contribution is 2.41. The molecule has 0 bridgehead atoms. The summed E-state index contributed by atoms with van der Waals surface area (Å²) in [4.78, 5) is 2.52. The van der Waals surface area contributed by atoms with Gasteiger partial charge in [0.25, 0.3) is 0 Å². The van der Waals surface area contributed by atoms with E-state index < -0.39 is 0 Å². The maximum atomic E-state index is 9.01. The highest BCUT2D eigenvalue weighted by molar-refractivity contribution is 5.46. The van der Waals surface area contributed by atoms with Gasteiger partial charge in [0.05, 0.1) is 18.2 Å². The second kappa shape index (κ2) is 4.62. The van der Waals surface area contributed by atoms with Gasteiger partial charge in [0.15, 0.2) is 0 Å². The average Bonchev–Trinajstić information content (AvgIpc) is 2.81. The summed E-state index contributed by atoms with van der Waals surface area (Å²) in [6, 6.07) is 8.04. The van der Waals surface area contributed by atoms with Crippen LogP contribution in [-0.4, -0.2) is 31.1 Å². The maximum Gasteiger partial charge on any atom is 0.122 e. The van der Waals surface area contributed by atoms with Gasteiger partial charge in [0.2, 0.25) is 0 Å². The molecule has 2 atom stereocenters. The van der Waals surface area contributed by atoms with Crippen molar-refractivity contribution in [2.75, 3.05) is 26.2 Å². The van der Waals surface area contributed by atoms with E-state index in [4.69, 9.17) is 10.00 Å². The SMILES string of the molecule is CCCN1C[C@@H]2COc3ccc(C#N)cc3[C@H]2C1. The van der Waals surface area contributed by atoms with E-state index in [9.17, 15) is 0 Å². The van der Waals surface area contributed by atoms with Crippen molar-refractivity contribution >= 4 is 0 Å². The number of hydrogen-bond acceptors (Lipinski definition) is 3. The number of likely N-dealkylation sites (tertiary alicyclic amines) is 1. The first-order valence-electron chi connectivity index (χ1n) is 6.71. The Morgan fingerprint density at radius 1 is 1.44 bits per heavy atom. The molecule has 18 heavy (non-hydrogen) atoms. The lowest BCUT2D eigenvalue weighted by Gasteiger charge is -2.27. The number of nitriles is 1. The largest absolute Gasteiger partial charge is 0.493 e. The van der Waals surface area contributed by atoms with Gasteiger partial charge in [-0.2, -0.15) is 5.26 Å². The highest BCUT2D eigenvalue weighted by Gasteiger charge is 2.38. The predicted octanol–water partition coefficient (Wildman–Crippen LogP) is 2.38. The molecule has 2 aliphatic heterocycles. The Labute approximate surface area is 108 Å². The molecule has 0 saturated carbocycles. The van der Waals surface area contributed by atoms with Gasteiger partial charge in [-0.25, -0.2) is 0 Å². The van der Waals surface area contributed by atoms with Crippen LogP contribution in [0.15, 0.2) is 18.2 Å². The minimum absolute atomic E-state index is 0.550. The summed E-state index contributed by atoms with van der Waals surface area (Å²) in [5.41, 5.74) is 1.98. The zero-order valence-electron chi connectivity index (χ0n) is 10.7. The number of fused-ring (bicyclic) bond motifs is 3. The number of rotatable bonds is 2. The lowest BCUT2D eigenvalue weighted by atomic mass is 9.86. The quantitative estimate of drug-likeness (QED) is 0.799. The van der Waals surface area contributed by atoms with Crippen molar-refractivity contribution in [2.45, 2.75) is 19.3 Å². The molecule has 1 aromatic carbocycles. The predicted molar refractivity (Wildman–Crippen MR) is 69.6 cm³/mol. The van der Waals surface area contributed by atoms with E-state index >= 15 is 0 Å². The van der Waals surface area contributed by atoms with Crippen molar-refractivity contribution in [1.82, 2.24) is 4.90 Å². The van der Waals surface area contributed by atoms with Gasteiger partial charge in [-0.1, -0.05) is 6.92 Å². The molecule has 0 unspecified atom stereocenters. The van der Waals surface area contributed by atoms with Gasteiger partial charge in [0.1, 0.15) is 5.75 Å². The van der Waals surface area contributed by atoms with Gasteiger partial charge in [-0.05, 0) is 31.2 Å². The third-order valence-corrected chi connectivity index (χ3v) is 4.05. The van der Waals surface area contributed by atoms with Crippen molar-refractivity contribution in [3.8, 4) is 11.8 Å². The van der Waals surface area contributed by atoms with Crippen LogP contribution in [0.2, 0.25) is 0 Å². The van der Waals surface area contributed by atoms with Crippen molar-refractivity contribution in [1.29, 1.82) is 5.26 Å². The molecule has 0 aliphatic carbocycles. The van der Waals surface area contributed by atoms with Gasteiger partial charge in [-0.3, -0.25) is 0 Å². The van der Waals surface area contributed by atoms with E-state index in [1.165, 1.54) is 18.5 Å². The zero-order chi connectivity index (χ0) is 12.5. The number of ether oxygens (including phenoxy) is 1. The van der Waals surface area contributed by atoms with Crippen molar-refractivity contribution < 1.29 is 4.74 Å². The summed E-state index contributed by atoms with van der Waals surface area (Å²) >= 11 is 0. The first kappa shape index (κ1) is 11.6. The van der Waals surface area contributed by atoms with E-state index in [1.807, 2.05) is 18.2 Å². The summed E-state index contributed by atoms with van der Waals surface area (Å²) < 4.78 is 5.83. The Bertz CT molecular complexity index is 492. The summed E-state index contributed by atoms with van der Waals surface area (Å²) in [7, 11) is 0. The summed E-state index contributed by atoms with van der Waals surface area (Å²) in [5.74, 6) is 2.13. The molecular formula is C15H18N2O. The molecule has 0 spiro atoms. The number of nitrogens with zero attached hydrogens (tertiary/aromatic N) is 2. The molecule has 3 nitrogen and oxygen atoms in total. The molecule has 94 valence electrons. The summed E-state index contributed by atoms with van der Waals surface area (Å²) in [6.07, 6.45) is 1.20. The second-order valence-electron chi connectivity index (χ2n) is 5.30. The van der Waals surface area contributed by atoms with Gasteiger partial charge >= 0.3 is 0 Å². The Balaban J connectivity index is 1.90. The molecule has 1 fully saturated rings. The topological polar surface area (TPSA) is 36.3 Å². The van der Waals surface area contributed by atoms with Gasteiger partial charge in [-0.15, -0.1) is 0 Å². The van der Waals surface area contributed by atoms with E-state index in [0.29, 0.717) is 11.8 Å². The lowest BCUT2D eigenvalue weighted by Crippen LogP contribution is -2.25. The first-order chi connectivity index (χ1) is 8.81. The lowest BCUT2D eigenvalue weighted by molar-refractivity contribution is 0.213. The third kappa shape index (κ3) is 1.87. The fraction of sp³-hybridized carbons (Fsp3) is 0.533. The number of benzene rings is 1. The third-order valence-electron chi connectivity index (χ3n) is 4.05. The van der Waals surface area contributed by atoms with Crippen LogP contribution in [0.4, 0.5) is 0 Å². The Morgan fingerprint density at radius 3 is 3.11 bits per heavy atom. The molecule has 0 N–H and O–H groups in total. The smallest absolute Gasteiger partial charge is 0.122 e. The second-order valence-corrected chi connectivity index (χ2v) is 5.30. The maximum absolute atomic E-state index is 9.01. The van der Waals surface area contributed by atoms with Crippen LogP contribution in [0.25, 0.3) is 0 Å². The van der Waals surface area contributed by atoms with E-state index in [-0.39, 0.29) is 0 Å². The van der Waals surface area contributed by atoms with Crippen molar-refractivity contribution in [3.63, 3.8) is 0 Å². The molecule has 0 aromatic heterocycles. The molecule has 3 rings (SSSR count). The molecule has 3 heteroatoms. The van der Waals surface area contributed by atoms with Crippen LogP contribution in [-0.2, 0) is 0 Å². The van der Waals surface area contributed by atoms with E-state index in [2.05, 4.69) is 17.9 Å². The molecule has 0 radical (unpaired) electrons. The van der Waals surface area contributed by atoms with E-state index in [0.717, 1.165) is 31.0 Å².